The molecule has 0 saturated carbocycles. The average molecular weight is 463 g/mol. The van der Waals surface area contributed by atoms with Gasteiger partial charge in [-0.05, 0) is 34.7 Å². The molecule has 3 aromatic carbocycles. The lowest BCUT2D eigenvalue weighted by atomic mass is 9.87. The van der Waals surface area contributed by atoms with E-state index in [0.29, 0.717) is 28.0 Å². The fraction of sp³-hybridized carbons (Fsp3) is 0.200. The van der Waals surface area contributed by atoms with Crippen LogP contribution in [0.2, 0.25) is 0 Å². The molecule has 3 aromatic rings. The fourth-order valence-electron chi connectivity index (χ4n) is 2.90. The van der Waals surface area contributed by atoms with E-state index in [-0.39, 0.29) is 11.1 Å². The standard InChI is InChI=1S/C25H26N4O3S/c1-25(2,3)20-9-12-22(13-10-20)32-23-14-11-21(29(30)31)15-19(23)16-27-28-24(26)33-17-18-7-5-4-6-8-18/h4-16H,17H2,1-3H3,(H2,26,28). The van der Waals surface area contributed by atoms with Gasteiger partial charge in [-0.3, -0.25) is 10.1 Å². The molecule has 7 nitrogen and oxygen atoms in total. The van der Waals surface area contributed by atoms with Gasteiger partial charge in [-0.2, -0.15) is 5.10 Å². The summed E-state index contributed by atoms with van der Waals surface area (Å²) in [5.41, 5.74) is 8.62. The highest BCUT2D eigenvalue weighted by Gasteiger charge is 2.14. The van der Waals surface area contributed by atoms with Crippen molar-refractivity contribution in [2.75, 3.05) is 0 Å². The molecule has 0 aliphatic heterocycles. The number of nitrogens with two attached hydrogens (primary N) is 1. The van der Waals surface area contributed by atoms with Crippen molar-refractivity contribution < 1.29 is 9.66 Å². The number of thioether (sulfide) groups is 1. The molecule has 0 atom stereocenters. The van der Waals surface area contributed by atoms with Crippen molar-refractivity contribution >= 4 is 28.8 Å². The number of nitrogens with zero attached hydrogens (tertiary/aromatic N) is 3. The molecular weight excluding hydrogens is 436 g/mol. The third-order valence-electron chi connectivity index (χ3n) is 4.73. The number of rotatable bonds is 7. The second kappa shape index (κ2) is 10.8. The number of hydrogen-bond acceptors (Lipinski definition) is 6. The zero-order chi connectivity index (χ0) is 23.8. The van der Waals surface area contributed by atoms with Crippen molar-refractivity contribution in [2.24, 2.45) is 15.9 Å². The van der Waals surface area contributed by atoms with Gasteiger partial charge in [-0.15, -0.1) is 5.10 Å². The van der Waals surface area contributed by atoms with Crippen LogP contribution in [-0.4, -0.2) is 16.3 Å². The van der Waals surface area contributed by atoms with E-state index in [0.717, 1.165) is 5.56 Å². The minimum Gasteiger partial charge on any atom is -0.457 e. The van der Waals surface area contributed by atoms with Crippen molar-refractivity contribution in [2.45, 2.75) is 31.9 Å². The average Bonchev–Trinajstić information content (AvgIpc) is 2.79. The molecule has 0 heterocycles. The van der Waals surface area contributed by atoms with Crippen molar-refractivity contribution in [3.05, 3.63) is 99.6 Å². The van der Waals surface area contributed by atoms with Gasteiger partial charge in [0.1, 0.15) is 11.5 Å². The van der Waals surface area contributed by atoms with Crippen LogP contribution in [0.4, 0.5) is 5.69 Å². The van der Waals surface area contributed by atoms with Gasteiger partial charge < -0.3 is 10.5 Å². The van der Waals surface area contributed by atoms with Crippen LogP contribution in [0.3, 0.4) is 0 Å². The van der Waals surface area contributed by atoms with E-state index < -0.39 is 4.92 Å². The summed E-state index contributed by atoms with van der Waals surface area (Å²) in [4.78, 5) is 10.8. The SMILES string of the molecule is CC(C)(C)c1ccc(Oc2ccc([N+](=O)[O-])cc2C=NN=C(N)SCc2ccccc2)cc1. The maximum Gasteiger partial charge on any atom is 0.270 e. The first kappa shape index (κ1) is 24.0. The van der Waals surface area contributed by atoms with Gasteiger partial charge >= 0.3 is 0 Å². The Morgan fingerprint density at radius 2 is 1.79 bits per heavy atom. The van der Waals surface area contributed by atoms with E-state index in [2.05, 4.69) is 31.0 Å². The normalized spacial score (nSPS) is 12.2. The second-order valence-corrected chi connectivity index (χ2v) is 9.31. The molecule has 0 aromatic heterocycles. The molecule has 33 heavy (non-hydrogen) atoms. The molecule has 8 heteroatoms. The number of amidine groups is 1. The predicted octanol–water partition coefficient (Wildman–Crippen LogP) is 6.27. The Labute approximate surface area is 197 Å². The lowest BCUT2D eigenvalue weighted by Gasteiger charge is -2.19. The molecule has 0 fully saturated rings. The van der Waals surface area contributed by atoms with Crippen molar-refractivity contribution in [3.8, 4) is 11.5 Å². The Hall–Kier alpha value is -3.65. The summed E-state index contributed by atoms with van der Waals surface area (Å²) in [6.07, 6.45) is 1.40. The molecule has 0 aliphatic carbocycles. The molecule has 0 amide bonds. The Kier molecular flexibility index (Phi) is 7.84. The monoisotopic (exact) mass is 462 g/mol. The van der Waals surface area contributed by atoms with E-state index in [1.165, 1.54) is 35.7 Å². The minimum atomic E-state index is -0.466. The summed E-state index contributed by atoms with van der Waals surface area (Å²) in [5.74, 6) is 1.72. The molecule has 0 unspecified atom stereocenters. The number of benzene rings is 3. The van der Waals surface area contributed by atoms with Gasteiger partial charge in [0.2, 0.25) is 0 Å². The summed E-state index contributed by atoms with van der Waals surface area (Å²) >= 11 is 1.36. The van der Waals surface area contributed by atoms with E-state index in [4.69, 9.17) is 10.5 Å². The Balaban J connectivity index is 1.76. The largest absolute Gasteiger partial charge is 0.457 e. The quantitative estimate of drug-likeness (QED) is 0.193. The molecular formula is C25H26N4O3S. The maximum absolute atomic E-state index is 11.2. The lowest BCUT2D eigenvalue weighted by molar-refractivity contribution is -0.384. The Morgan fingerprint density at radius 1 is 1.09 bits per heavy atom. The molecule has 0 spiro atoms. The van der Waals surface area contributed by atoms with Crippen molar-refractivity contribution in [1.29, 1.82) is 0 Å². The molecule has 3 rings (SSSR count). The summed E-state index contributed by atoms with van der Waals surface area (Å²) in [7, 11) is 0. The Bertz CT molecular complexity index is 1150. The molecule has 0 aliphatic rings. The molecule has 0 saturated heterocycles. The van der Waals surface area contributed by atoms with Gasteiger partial charge in [0, 0.05) is 23.4 Å². The van der Waals surface area contributed by atoms with E-state index in [1.807, 2.05) is 54.6 Å². The summed E-state index contributed by atoms with van der Waals surface area (Å²) in [6.45, 7) is 6.41. The summed E-state index contributed by atoms with van der Waals surface area (Å²) < 4.78 is 5.98. The van der Waals surface area contributed by atoms with Crippen molar-refractivity contribution in [3.63, 3.8) is 0 Å². The van der Waals surface area contributed by atoms with Crippen molar-refractivity contribution in [1.82, 2.24) is 0 Å². The summed E-state index contributed by atoms with van der Waals surface area (Å²) in [6, 6.07) is 22.0. The highest BCUT2D eigenvalue weighted by atomic mass is 32.2. The van der Waals surface area contributed by atoms with Gasteiger partial charge in [0.15, 0.2) is 5.17 Å². The second-order valence-electron chi connectivity index (χ2n) is 8.31. The zero-order valence-electron chi connectivity index (χ0n) is 18.8. The number of nitro benzene ring substituents is 1. The van der Waals surface area contributed by atoms with Crippen LogP contribution in [0, 0.1) is 10.1 Å². The van der Waals surface area contributed by atoms with Crippen LogP contribution in [0.15, 0.2) is 83.0 Å². The minimum absolute atomic E-state index is 0.0279. The van der Waals surface area contributed by atoms with E-state index in [1.54, 1.807) is 6.07 Å². The van der Waals surface area contributed by atoms with E-state index in [9.17, 15) is 10.1 Å². The van der Waals surface area contributed by atoms with Gasteiger partial charge in [0.25, 0.3) is 5.69 Å². The Morgan fingerprint density at radius 3 is 2.42 bits per heavy atom. The smallest absolute Gasteiger partial charge is 0.270 e. The molecule has 0 bridgehead atoms. The highest BCUT2D eigenvalue weighted by Crippen LogP contribution is 2.30. The van der Waals surface area contributed by atoms with Gasteiger partial charge in [0.05, 0.1) is 11.1 Å². The van der Waals surface area contributed by atoms with E-state index >= 15 is 0 Å². The first-order valence-corrected chi connectivity index (χ1v) is 11.3. The maximum atomic E-state index is 11.2. The molecule has 2 N–H and O–H groups in total. The summed E-state index contributed by atoms with van der Waals surface area (Å²) in [5, 5.41) is 19.5. The molecule has 0 radical (unpaired) electrons. The fourth-order valence-corrected chi connectivity index (χ4v) is 3.51. The first-order chi connectivity index (χ1) is 15.7. The third-order valence-corrected chi connectivity index (χ3v) is 5.59. The van der Waals surface area contributed by atoms with Crippen LogP contribution in [0.5, 0.6) is 11.5 Å². The highest BCUT2D eigenvalue weighted by molar-refractivity contribution is 8.13. The number of ether oxygens (including phenoxy) is 1. The molecule has 170 valence electrons. The van der Waals surface area contributed by atoms with Crippen LogP contribution < -0.4 is 10.5 Å². The first-order valence-electron chi connectivity index (χ1n) is 10.3. The number of nitro groups is 1. The van der Waals surface area contributed by atoms with Gasteiger partial charge in [-0.1, -0.05) is 75.0 Å². The van der Waals surface area contributed by atoms with Crippen LogP contribution >= 0.6 is 11.8 Å². The topological polar surface area (TPSA) is 103 Å². The van der Waals surface area contributed by atoms with Crippen LogP contribution in [0.25, 0.3) is 0 Å². The van der Waals surface area contributed by atoms with Crippen LogP contribution in [0.1, 0.15) is 37.5 Å². The zero-order valence-corrected chi connectivity index (χ0v) is 19.6. The number of hydrogen-bond donors (Lipinski definition) is 1. The third kappa shape index (κ3) is 7.18. The number of non-ortho nitro benzene ring substituents is 1. The lowest BCUT2D eigenvalue weighted by Crippen LogP contribution is -2.10. The predicted molar refractivity (Wildman–Crippen MR) is 135 cm³/mol. The van der Waals surface area contributed by atoms with Gasteiger partial charge in [-0.25, -0.2) is 0 Å². The van der Waals surface area contributed by atoms with Crippen LogP contribution in [-0.2, 0) is 11.2 Å².